The van der Waals surface area contributed by atoms with Crippen LogP contribution in [0.25, 0.3) is 0 Å². The number of carbonyl (C=O) groups is 1. The van der Waals surface area contributed by atoms with Crippen LogP contribution in [0.1, 0.15) is 5.56 Å². The van der Waals surface area contributed by atoms with Gasteiger partial charge in [-0.25, -0.2) is 4.39 Å². The van der Waals surface area contributed by atoms with Gasteiger partial charge in [0.05, 0.1) is 0 Å². The number of carbonyl (C=O) groups excluding carboxylic acids is 1. The van der Waals surface area contributed by atoms with E-state index in [0.717, 1.165) is 6.07 Å². The first-order chi connectivity index (χ1) is 8.28. The highest BCUT2D eigenvalue weighted by Gasteiger charge is 2.27. The number of rotatable bonds is 5. The number of ketones is 1. The molecule has 1 aromatic carbocycles. The molecule has 0 saturated heterocycles. The van der Waals surface area contributed by atoms with E-state index in [1.165, 1.54) is 12.1 Å². The molecule has 0 fully saturated rings. The first-order valence-electron chi connectivity index (χ1n) is 4.88. The summed E-state index contributed by atoms with van der Waals surface area (Å²) in [5, 5.41) is 0.178. The van der Waals surface area contributed by atoms with E-state index in [-0.39, 0.29) is 17.0 Å². The summed E-state index contributed by atoms with van der Waals surface area (Å²) in [4.78, 5) is 11.2. The van der Waals surface area contributed by atoms with E-state index in [1.807, 2.05) is 0 Å². The predicted octanol–water partition coefficient (Wildman–Crippen LogP) is 3.17. The Balaban J connectivity index is 2.45. The second kappa shape index (κ2) is 6.15. The third-order valence-electron chi connectivity index (χ3n) is 1.93. The van der Waals surface area contributed by atoms with Gasteiger partial charge in [0, 0.05) is 11.4 Å². The first kappa shape index (κ1) is 14.9. The second-order valence-electron chi connectivity index (χ2n) is 3.56. The Hall–Kier alpha value is -1.14. The lowest BCUT2D eigenvalue weighted by molar-refractivity contribution is -0.175. The van der Waals surface area contributed by atoms with Gasteiger partial charge in [0.2, 0.25) is 0 Å². The summed E-state index contributed by atoms with van der Waals surface area (Å²) in [6.45, 7) is -2.20. The maximum absolute atomic E-state index is 13.3. The third-order valence-corrected chi connectivity index (χ3v) is 2.17. The van der Waals surface area contributed by atoms with Gasteiger partial charge in [0.15, 0.2) is 5.78 Å². The fraction of sp³-hybridized carbons (Fsp3) is 0.364. The Labute approximate surface area is 105 Å². The second-order valence-corrected chi connectivity index (χ2v) is 4.00. The summed E-state index contributed by atoms with van der Waals surface area (Å²) < 4.78 is 52.6. The van der Waals surface area contributed by atoms with E-state index < -0.39 is 31.0 Å². The van der Waals surface area contributed by atoms with Crippen LogP contribution in [0.15, 0.2) is 18.2 Å². The number of hydrogen-bond acceptors (Lipinski definition) is 2. The normalized spacial score (nSPS) is 11.6. The van der Waals surface area contributed by atoms with Crippen LogP contribution in [0.4, 0.5) is 17.6 Å². The van der Waals surface area contributed by atoms with Gasteiger partial charge >= 0.3 is 6.18 Å². The number of benzene rings is 1. The smallest absolute Gasteiger partial charge is 0.364 e. The minimum atomic E-state index is -4.48. The van der Waals surface area contributed by atoms with Gasteiger partial charge in [-0.2, -0.15) is 13.2 Å². The van der Waals surface area contributed by atoms with Gasteiger partial charge in [-0.3, -0.25) is 4.79 Å². The fourth-order valence-corrected chi connectivity index (χ4v) is 1.37. The minimum absolute atomic E-state index is 0.0695. The summed E-state index contributed by atoms with van der Waals surface area (Å²) >= 11 is 5.51. The molecule has 0 heterocycles. The van der Waals surface area contributed by atoms with Crippen molar-refractivity contribution < 1.29 is 27.1 Å². The molecule has 0 aliphatic heterocycles. The van der Waals surface area contributed by atoms with Crippen molar-refractivity contribution >= 4 is 17.4 Å². The molecule has 0 atom stereocenters. The van der Waals surface area contributed by atoms with E-state index >= 15 is 0 Å². The van der Waals surface area contributed by atoms with Crippen molar-refractivity contribution in [3.05, 3.63) is 34.6 Å². The molecule has 0 spiro atoms. The Morgan fingerprint density at radius 2 is 2.00 bits per heavy atom. The van der Waals surface area contributed by atoms with Crippen LogP contribution in [-0.2, 0) is 16.0 Å². The zero-order valence-corrected chi connectivity index (χ0v) is 9.82. The molecule has 0 aliphatic carbocycles. The molecule has 0 unspecified atom stereocenters. The maximum Gasteiger partial charge on any atom is 0.411 e. The maximum atomic E-state index is 13.3. The fourth-order valence-electron chi connectivity index (χ4n) is 1.21. The highest BCUT2D eigenvalue weighted by atomic mass is 35.5. The molecule has 0 aliphatic rings. The van der Waals surface area contributed by atoms with Crippen LogP contribution in [-0.4, -0.2) is 25.2 Å². The molecule has 1 aromatic rings. The summed E-state index contributed by atoms with van der Waals surface area (Å²) in [6.07, 6.45) is -4.81. The standard InChI is InChI=1S/C11H9ClF4O2/c12-8-2-1-7(10(13)4-8)3-9(17)5-18-6-11(14,15)16/h1-2,4H,3,5-6H2. The Morgan fingerprint density at radius 3 is 2.56 bits per heavy atom. The summed E-state index contributed by atoms with van der Waals surface area (Å²) in [5.41, 5.74) is 0.0695. The molecule has 2 nitrogen and oxygen atoms in total. The van der Waals surface area contributed by atoms with E-state index in [2.05, 4.69) is 4.74 Å². The van der Waals surface area contributed by atoms with Crippen molar-refractivity contribution in [1.82, 2.24) is 0 Å². The molecule has 7 heteroatoms. The topological polar surface area (TPSA) is 26.3 Å². The molecular weight excluding hydrogens is 276 g/mol. The summed E-state index contributed by atoms with van der Waals surface area (Å²) in [7, 11) is 0. The molecular formula is C11H9ClF4O2. The van der Waals surface area contributed by atoms with Crippen LogP contribution in [0, 0.1) is 5.82 Å². The largest absolute Gasteiger partial charge is 0.411 e. The van der Waals surface area contributed by atoms with Crippen molar-refractivity contribution in [3.8, 4) is 0 Å². The Morgan fingerprint density at radius 1 is 1.33 bits per heavy atom. The van der Waals surface area contributed by atoms with E-state index in [1.54, 1.807) is 0 Å². The van der Waals surface area contributed by atoms with Crippen LogP contribution >= 0.6 is 11.6 Å². The third kappa shape index (κ3) is 5.46. The highest BCUT2D eigenvalue weighted by molar-refractivity contribution is 6.30. The molecule has 0 amide bonds. The predicted molar refractivity (Wildman–Crippen MR) is 57.0 cm³/mol. The summed E-state index contributed by atoms with van der Waals surface area (Å²) in [6, 6.07) is 3.73. The van der Waals surface area contributed by atoms with Crippen LogP contribution in [0.5, 0.6) is 0 Å². The molecule has 0 aromatic heterocycles. The SMILES string of the molecule is O=C(COCC(F)(F)F)Cc1ccc(Cl)cc1F. The van der Waals surface area contributed by atoms with Gasteiger partial charge in [0.25, 0.3) is 0 Å². The van der Waals surface area contributed by atoms with E-state index in [0.29, 0.717) is 0 Å². The number of alkyl halides is 3. The minimum Gasteiger partial charge on any atom is -0.364 e. The van der Waals surface area contributed by atoms with Crippen LogP contribution < -0.4 is 0 Å². The van der Waals surface area contributed by atoms with Gasteiger partial charge in [-0.05, 0) is 17.7 Å². The number of halogens is 5. The Kier molecular flexibility index (Phi) is 5.10. The van der Waals surface area contributed by atoms with Crippen molar-refractivity contribution in [3.63, 3.8) is 0 Å². The van der Waals surface area contributed by atoms with Crippen molar-refractivity contribution in [2.75, 3.05) is 13.2 Å². The zero-order chi connectivity index (χ0) is 13.8. The van der Waals surface area contributed by atoms with Crippen molar-refractivity contribution in [1.29, 1.82) is 0 Å². The Bertz CT molecular complexity index is 432. The highest BCUT2D eigenvalue weighted by Crippen LogP contribution is 2.16. The summed E-state index contributed by atoms with van der Waals surface area (Å²) in [5.74, 6) is -1.31. The number of Topliss-reactive ketones (excluding diaryl/α,β-unsaturated/α-hetero) is 1. The quantitative estimate of drug-likeness (QED) is 0.776. The average Bonchev–Trinajstić information content (AvgIpc) is 2.20. The van der Waals surface area contributed by atoms with Gasteiger partial charge in [-0.15, -0.1) is 0 Å². The molecule has 1 rings (SSSR count). The molecule has 0 N–H and O–H groups in total. The van der Waals surface area contributed by atoms with Crippen molar-refractivity contribution in [2.45, 2.75) is 12.6 Å². The lowest BCUT2D eigenvalue weighted by atomic mass is 10.1. The molecule has 0 bridgehead atoms. The molecule has 18 heavy (non-hydrogen) atoms. The van der Waals surface area contributed by atoms with E-state index in [4.69, 9.17) is 11.6 Å². The zero-order valence-electron chi connectivity index (χ0n) is 9.06. The molecule has 0 saturated carbocycles. The molecule has 100 valence electrons. The molecule has 0 radical (unpaired) electrons. The monoisotopic (exact) mass is 284 g/mol. The first-order valence-corrected chi connectivity index (χ1v) is 5.26. The van der Waals surface area contributed by atoms with E-state index in [9.17, 15) is 22.4 Å². The lowest BCUT2D eigenvalue weighted by Gasteiger charge is -2.07. The van der Waals surface area contributed by atoms with Gasteiger partial charge < -0.3 is 4.74 Å². The average molecular weight is 285 g/mol. The van der Waals surface area contributed by atoms with Crippen molar-refractivity contribution in [2.24, 2.45) is 0 Å². The van der Waals surface area contributed by atoms with Crippen LogP contribution in [0.2, 0.25) is 5.02 Å². The lowest BCUT2D eigenvalue weighted by Crippen LogP contribution is -2.21. The van der Waals surface area contributed by atoms with Gasteiger partial charge in [0.1, 0.15) is 19.0 Å². The van der Waals surface area contributed by atoms with Crippen LogP contribution in [0.3, 0.4) is 0 Å². The number of ether oxygens (including phenoxy) is 1. The van der Waals surface area contributed by atoms with Gasteiger partial charge in [-0.1, -0.05) is 17.7 Å². The number of hydrogen-bond donors (Lipinski definition) is 0.